The Bertz CT molecular complexity index is 254. The van der Waals surface area contributed by atoms with Gasteiger partial charge >= 0.3 is 11.9 Å². The van der Waals surface area contributed by atoms with Gasteiger partial charge in [-0.15, -0.1) is 0 Å². The van der Waals surface area contributed by atoms with Crippen molar-refractivity contribution in [3.8, 4) is 0 Å². The Morgan fingerprint density at radius 2 is 2.38 bits per heavy atom. The van der Waals surface area contributed by atoms with Crippen LogP contribution in [0.25, 0.3) is 0 Å². The van der Waals surface area contributed by atoms with Gasteiger partial charge in [-0.3, -0.25) is 4.79 Å². The van der Waals surface area contributed by atoms with Gasteiger partial charge in [-0.05, 0) is 13.3 Å². The molecule has 0 amide bonds. The van der Waals surface area contributed by atoms with E-state index in [9.17, 15) is 9.59 Å². The van der Waals surface area contributed by atoms with Crippen LogP contribution in [0.3, 0.4) is 0 Å². The smallest absolute Gasteiger partial charge is 0.337 e. The molecular weight excluding hydrogens is 172 g/mol. The summed E-state index contributed by atoms with van der Waals surface area (Å²) in [6, 6.07) is 0. The first-order valence-corrected chi connectivity index (χ1v) is 4.22. The van der Waals surface area contributed by atoms with E-state index in [0.717, 1.165) is 6.42 Å². The van der Waals surface area contributed by atoms with Gasteiger partial charge in [-0.2, -0.15) is 0 Å². The van der Waals surface area contributed by atoms with Crippen molar-refractivity contribution in [3.05, 3.63) is 11.6 Å². The van der Waals surface area contributed by atoms with Crippen LogP contribution < -0.4 is 0 Å². The summed E-state index contributed by atoms with van der Waals surface area (Å²) in [5.41, 5.74) is 0.481. The molecule has 1 rings (SSSR count). The van der Waals surface area contributed by atoms with Crippen LogP contribution in [-0.2, 0) is 19.1 Å². The Labute approximate surface area is 76.5 Å². The van der Waals surface area contributed by atoms with E-state index < -0.39 is 12.3 Å². The van der Waals surface area contributed by atoms with Gasteiger partial charge in [0, 0.05) is 18.1 Å². The number of ether oxygens (including phenoxy) is 2. The molecule has 1 atom stereocenters. The van der Waals surface area contributed by atoms with Crippen LogP contribution in [-0.4, -0.2) is 18.2 Å². The summed E-state index contributed by atoms with van der Waals surface area (Å²) in [6.45, 7) is 3.50. The van der Waals surface area contributed by atoms with Crippen molar-refractivity contribution in [3.63, 3.8) is 0 Å². The van der Waals surface area contributed by atoms with Crippen molar-refractivity contribution < 1.29 is 19.1 Å². The molecule has 0 saturated heterocycles. The molecule has 0 N–H and O–H groups in total. The molecule has 1 unspecified atom stereocenters. The predicted molar refractivity (Wildman–Crippen MR) is 44.6 cm³/mol. The molecule has 1 aliphatic heterocycles. The molecule has 0 aromatic carbocycles. The lowest BCUT2D eigenvalue weighted by Gasteiger charge is -2.08. The van der Waals surface area contributed by atoms with Crippen LogP contribution in [0.15, 0.2) is 11.6 Å². The van der Waals surface area contributed by atoms with Gasteiger partial charge in [0.05, 0.1) is 0 Å². The Balaban J connectivity index is 2.40. The molecule has 0 aromatic heterocycles. The summed E-state index contributed by atoms with van der Waals surface area (Å²) in [5.74, 6) is -0.763. The molecule has 0 bridgehead atoms. The van der Waals surface area contributed by atoms with Gasteiger partial charge in [0.1, 0.15) is 0 Å². The number of hydrogen-bond acceptors (Lipinski definition) is 4. The van der Waals surface area contributed by atoms with E-state index in [0.29, 0.717) is 12.0 Å². The van der Waals surface area contributed by atoms with Crippen LogP contribution in [0, 0.1) is 0 Å². The number of esters is 2. The third-order valence-corrected chi connectivity index (χ3v) is 1.63. The molecule has 0 saturated carbocycles. The van der Waals surface area contributed by atoms with E-state index in [-0.39, 0.29) is 5.97 Å². The lowest BCUT2D eigenvalue weighted by atomic mass is 10.3. The van der Waals surface area contributed by atoms with Gasteiger partial charge in [-0.1, -0.05) is 6.92 Å². The monoisotopic (exact) mass is 184 g/mol. The van der Waals surface area contributed by atoms with Gasteiger partial charge < -0.3 is 9.47 Å². The third kappa shape index (κ3) is 2.57. The van der Waals surface area contributed by atoms with E-state index in [1.54, 1.807) is 6.92 Å². The Hall–Kier alpha value is -1.32. The molecule has 0 radical (unpaired) electrons. The van der Waals surface area contributed by atoms with Gasteiger partial charge in [0.2, 0.25) is 0 Å². The molecule has 0 aromatic rings. The Morgan fingerprint density at radius 1 is 1.69 bits per heavy atom. The van der Waals surface area contributed by atoms with Crippen LogP contribution >= 0.6 is 0 Å². The number of hydrogen-bond donors (Lipinski definition) is 0. The first kappa shape index (κ1) is 9.77. The predicted octanol–water partition coefficient (Wildman–Crippen LogP) is 1.16. The highest BCUT2D eigenvalue weighted by Gasteiger charge is 2.24. The number of cyclic esters (lactones) is 1. The minimum Gasteiger partial charge on any atom is -0.421 e. The molecule has 0 spiro atoms. The van der Waals surface area contributed by atoms with Crippen molar-refractivity contribution in [2.45, 2.75) is 33.0 Å². The molecule has 1 heterocycles. The zero-order valence-electron chi connectivity index (χ0n) is 7.70. The van der Waals surface area contributed by atoms with E-state index in [1.165, 1.54) is 6.08 Å². The minimum absolute atomic E-state index is 0.341. The average Bonchev–Trinajstić information content (AvgIpc) is 2.31. The Kier molecular flexibility index (Phi) is 3.06. The molecule has 1 aliphatic rings. The van der Waals surface area contributed by atoms with E-state index >= 15 is 0 Å². The summed E-state index contributed by atoms with van der Waals surface area (Å²) in [5, 5.41) is 0. The standard InChI is InChI=1S/C9H12O4/c1-3-4-7(10)12-8-5-6(2)9(11)13-8/h5,8H,3-4H2,1-2H3. The summed E-state index contributed by atoms with van der Waals surface area (Å²) in [6.07, 6.45) is 1.76. The van der Waals surface area contributed by atoms with Crippen molar-refractivity contribution in [2.75, 3.05) is 0 Å². The number of carbonyl (C=O) groups is 2. The highest BCUT2D eigenvalue weighted by Crippen LogP contribution is 2.14. The second kappa shape index (κ2) is 4.07. The van der Waals surface area contributed by atoms with E-state index in [2.05, 4.69) is 0 Å². The number of rotatable bonds is 3. The maximum absolute atomic E-state index is 11.0. The fourth-order valence-electron chi connectivity index (χ4n) is 0.955. The van der Waals surface area contributed by atoms with Crippen molar-refractivity contribution in [1.29, 1.82) is 0 Å². The lowest BCUT2D eigenvalue weighted by molar-refractivity contribution is -0.173. The molecule has 13 heavy (non-hydrogen) atoms. The SMILES string of the molecule is CCCC(=O)OC1C=C(C)C(=O)O1. The molecule has 72 valence electrons. The highest BCUT2D eigenvalue weighted by molar-refractivity contribution is 5.90. The minimum atomic E-state index is -0.813. The maximum Gasteiger partial charge on any atom is 0.337 e. The fourth-order valence-corrected chi connectivity index (χ4v) is 0.955. The average molecular weight is 184 g/mol. The Morgan fingerprint density at radius 3 is 2.85 bits per heavy atom. The maximum atomic E-state index is 11.0. The molecule has 0 aliphatic carbocycles. The summed E-state index contributed by atoms with van der Waals surface area (Å²) in [7, 11) is 0. The van der Waals surface area contributed by atoms with Crippen LogP contribution in [0.4, 0.5) is 0 Å². The van der Waals surface area contributed by atoms with E-state index in [4.69, 9.17) is 9.47 Å². The normalized spacial score (nSPS) is 20.9. The largest absolute Gasteiger partial charge is 0.421 e. The van der Waals surface area contributed by atoms with Crippen molar-refractivity contribution in [2.24, 2.45) is 0 Å². The van der Waals surface area contributed by atoms with Crippen LogP contribution in [0.2, 0.25) is 0 Å². The molecule has 4 nitrogen and oxygen atoms in total. The zero-order chi connectivity index (χ0) is 9.84. The van der Waals surface area contributed by atoms with Crippen LogP contribution in [0.5, 0.6) is 0 Å². The molecule has 0 fully saturated rings. The zero-order valence-corrected chi connectivity index (χ0v) is 7.70. The summed E-state index contributed by atoms with van der Waals surface area (Å²) in [4.78, 5) is 21.8. The first-order chi connectivity index (χ1) is 6.13. The number of carbonyl (C=O) groups excluding carboxylic acids is 2. The van der Waals surface area contributed by atoms with Gasteiger partial charge in [0.15, 0.2) is 0 Å². The molecule has 4 heteroatoms. The van der Waals surface area contributed by atoms with Crippen molar-refractivity contribution in [1.82, 2.24) is 0 Å². The highest BCUT2D eigenvalue weighted by atomic mass is 16.7. The second-order valence-corrected chi connectivity index (χ2v) is 2.86. The molecular formula is C9H12O4. The summed E-state index contributed by atoms with van der Waals surface area (Å²) < 4.78 is 9.55. The quantitative estimate of drug-likeness (QED) is 0.617. The lowest BCUT2D eigenvalue weighted by Crippen LogP contribution is -2.17. The van der Waals surface area contributed by atoms with Gasteiger partial charge in [0.25, 0.3) is 6.29 Å². The second-order valence-electron chi connectivity index (χ2n) is 2.86. The summed E-state index contributed by atoms with van der Waals surface area (Å²) >= 11 is 0. The van der Waals surface area contributed by atoms with Gasteiger partial charge in [-0.25, -0.2) is 4.79 Å². The van der Waals surface area contributed by atoms with Crippen molar-refractivity contribution >= 4 is 11.9 Å². The van der Waals surface area contributed by atoms with Crippen LogP contribution in [0.1, 0.15) is 26.7 Å². The van der Waals surface area contributed by atoms with E-state index in [1.807, 2.05) is 6.92 Å². The first-order valence-electron chi connectivity index (χ1n) is 4.22. The topological polar surface area (TPSA) is 52.6 Å². The fraction of sp³-hybridized carbons (Fsp3) is 0.556. The third-order valence-electron chi connectivity index (χ3n) is 1.63.